The summed E-state index contributed by atoms with van der Waals surface area (Å²) in [5.41, 5.74) is 3.45. The summed E-state index contributed by atoms with van der Waals surface area (Å²) in [6, 6.07) is 1.97. The fourth-order valence-electron chi connectivity index (χ4n) is 3.31. The summed E-state index contributed by atoms with van der Waals surface area (Å²) >= 11 is 0. The molecule has 2 aliphatic carbocycles. The zero-order valence-corrected chi connectivity index (χ0v) is 12.4. The van der Waals surface area contributed by atoms with Crippen molar-refractivity contribution >= 4 is 5.82 Å². The molecule has 2 unspecified atom stereocenters. The molecule has 0 saturated heterocycles. The minimum atomic E-state index is -0.339. The normalized spacial score (nSPS) is 30.2. The second kappa shape index (κ2) is 5.30. The van der Waals surface area contributed by atoms with Crippen LogP contribution in [0.25, 0.3) is 0 Å². The van der Waals surface area contributed by atoms with Crippen LogP contribution in [0.3, 0.4) is 0 Å². The van der Waals surface area contributed by atoms with E-state index in [1.165, 1.54) is 19.3 Å². The fourth-order valence-corrected chi connectivity index (χ4v) is 3.31. The minimum Gasteiger partial charge on any atom is -0.370 e. The molecule has 110 valence electrons. The van der Waals surface area contributed by atoms with Gasteiger partial charge in [0.25, 0.3) is 0 Å². The Bertz CT molecular complexity index is 489. The summed E-state index contributed by atoms with van der Waals surface area (Å²) in [5, 5.41) is 0. The lowest BCUT2D eigenvalue weighted by Gasteiger charge is -2.37. The van der Waals surface area contributed by atoms with Crippen LogP contribution >= 0.6 is 0 Å². The number of hydrazine groups is 1. The lowest BCUT2D eigenvalue weighted by atomic mass is 9.78. The SMILES string of the molecule is COC1(c2nc(NN)cc(C3CC3)n2)CCCC(C)C1. The number of nitrogens with zero attached hydrogens (tertiary/aromatic N) is 2. The van der Waals surface area contributed by atoms with Gasteiger partial charge in [-0.05, 0) is 38.0 Å². The first-order valence-corrected chi connectivity index (χ1v) is 7.58. The zero-order valence-electron chi connectivity index (χ0n) is 12.4. The summed E-state index contributed by atoms with van der Waals surface area (Å²) in [5.74, 6) is 8.30. The van der Waals surface area contributed by atoms with Crippen LogP contribution in [0.15, 0.2) is 6.07 Å². The van der Waals surface area contributed by atoms with Crippen molar-refractivity contribution in [2.75, 3.05) is 12.5 Å². The van der Waals surface area contributed by atoms with Gasteiger partial charge in [0.15, 0.2) is 5.82 Å². The maximum atomic E-state index is 5.90. The van der Waals surface area contributed by atoms with Crippen LogP contribution in [0, 0.1) is 5.92 Å². The van der Waals surface area contributed by atoms with E-state index in [2.05, 4.69) is 17.3 Å². The molecule has 0 aromatic carbocycles. The highest BCUT2D eigenvalue weighted by molar-refractivity contribution is 5.37. The van der Waals surface area contributed by atoms with E-state index < -0.39 is 0 Å². The van der Waals surface area contributed by atoms with Crippen LogP contribution in [0.5, 0.6) is 0 Å². The van der Waals surface area contributed by atoms with Gasteiger partial charge >= 0.3 is 0 Å². The number of hydrogen-bond donors (Lipinski definition) is 2. The summed E-state index contributed by atoms with van der Waals surface area (Å²) < 4.78 is 5.90. The summed E-state index contributed by atoms with van der Waals surface area (Å²) in [4.78, 5) is 9.40. The number of nitrogen functional groups attached to an aromatic ring is 1. The van der Waals surface area contributed by atoms with Crippen molar-refractivity contribution in [1.82, 2.24) is 9.97 Å². The minimum absolute atomic E-state index is 0.339. The Hall–Kier alpha value is -1.20. The number of rotatable bonds is 4. The molecule has 2 fully saturated rings. The number of aromatic nitrogens is 2. The van der Waals surface area contributed by atoms with Crippen molar-refractivity contribution in [2.24, 2.45) is 11.8 Å². The van der Waals surface area contributed by atoms with Gasteiger partial charge in [-0.1, -0.05) is 13.3 Å². The Labute approximate surface area is 120 Å². The van der Waals surface area contributed by atoms with E-state index in [9.17, 15) is 0 Å². The van der Waals surface area contributed by atoms with Gasteiger partial charge < -0.3 is 10.2 Å². The van der Waals surface area contributed by atoms with Gasteiger partial charge in [0.2, 0.25) is 0 Å². The molecule has 20 heavy (non-hydrogen) atoms. The van der Waals surface area contributed by atoms with E-state index in [-0.39, 0.29) is 5.60 Å². The third-order valence-corrected chi connectivity index (χ3v) is 4.64. The van der Waals surface area contributed by atoms with Gasteiger partial charge in [-0.3, -0.25) is 0 Å². The summed E-state index contributed by atoms with van der Waals surface area (Å²) in [6.07, 6.45) is 6.84. The highest BCUT2D eigenvalue weighted by atomic mass is 16.5. The maximum absolute atomic E-state index is 5.90. The van der Waals surface area contributed by atoms with E-state index in [4.69, 9.17) is 15.6 Å². The Morgan fingerprint density at radius 2 is 2.15 bits per heavy atom. The van der Waals surface area contributed by atoms with Crippen LogP contribution in [0.1, 0.15) is 62.9 Å². The van der Waals surface area contributed by atoms with Gasteiger partial charge in [-0.25, -0.2) is 15.8 Å². The largest absolute Gasteiger partial charge is 0.370 e. The van der Waals surface area contributed by atoms with Crippen LogP contribution in [-0.2, 0) is 10.3 Å². The van der Waals surface area contributed by atoms with Crippen LogP contribution in [0.4, 0.5) is 5.82 Å². The Kier molecular flexibility index (Phi) is 3.65. The first kappa shape index (κ1) is 13.8. The lowest BCUT2D eigenvalue weighted by molar-refractivity contribution is -0.0646. The van der Waals surface area contributed by atoms with Crippen LogP contribution < -0.4 is 11.3 Å². The maximum Gasteiger partial charge on any atom is 0.162 e. The number of nitrogens with two attached hydrogens (primary N) is 1. The molecule has 0 spiro atoms. The molecule has 2 atom stereocenters. The second-order valence-corrected chi connectivity index (χ2v) is 6.32. The Morgan fingerprint density at radius 1 is 1.35 bits per heavy atom. The molecule has 0 aliphatic heterocycles. The molecule has 0 radical (unpaired) electrons. The molecule has 3 rings (SSSR count). The second-order valence-electron chi connectivity index (χ2n) is 6.32. The van der Waals surface area contributed by atoms with Crippen molar-refractivity contribution in [3.05, 3.63) is 17.6 Å². The summed E-state index contributed by atoms with van der Waals surface area (Å²) in [7, 11) is 1.78. The van der Waals surface area contributed by atoms with E-state index in [0.29, 0.717) is 17.7 Å². The predicted octanol–water partition coefficient (Wildman–Crippen LogP) is 2.69. The average molecular weight is 276 g/mol. The van der Waals surface area contributed by atoms with Crippen molar-refractivity contribution in [1.29, 1.82) is 0 Å². The highest BCUT2D eigenvalue weighted by Gasteiger charge is 2.40. The molecular weight excluding hydrogens is 252 g/mol. The van der Waals surface area contributed by atoms with Crippen molar-refractivity contribution < 1.29 is 4.74 Å². The molecule has 2 aliphatic rings. The molecule has 5 nitrogen and oxygen atoms in total. The lowest BCUT2D eigenvalue weighted by Crippen LogP contribution is -2.36. The van der Waals surface area contributed by atoms with Crippen molar-refractivity contribution in [3.63, 3.8) is 0 Å². The van der Waals surface area contributed by atoms with E-state index in [1.54, 1.807) is 7.11 Å². The standard InChI is InChI=1S/C15H24N4O/c1-10-4-3-7-15(9-10,20-2)14-17-12(11-5-6-11)8-13(18-14)19-16/h8,10-11H,3-7,9,16H2,1-2H3,(H,17,18,19). The number of ether oxygens (including phenoxy) is 1. The number of methoxy groups -OCH3 is 1. The van der Waals surface area contributed by atoms with Gasteiger partial charge in [-0.2, -0.15) is 0 Å². The molecule has 0 bridgehead atoms. The molecule has 1 aromatic rings. The predicted molar refractivity (Wildman–Crippen MR) is 78.1 cm³/mol. The molecule has 1 aromatic heterocycles. The number of nitrogens with one attached hydrogen (secondary N) is 1. The van der Waals surface area contributed by atoms with Crippen molar-refractivity contribution in [3.8, 4) is 0 Å². The number of anilines is 1. The highest BCUT2D eigenvalue weighted by Crippen LogP contribution is 2.44. The monoisotopic (exact) mass is 276 g/mol. The van der Waals surface area contributed by atoms with Crippen molar-refractivity contribution in [2.45, 2.75) is 57.0 Å². The fraction of sp³-hybridized carbons (Fsp3) is 0.733. The Balaban J connectivity index is 1.99. The van der Waals surface area contributed by atoms with Gasteiger partial charge in [0.05, 0.1) is 0 Å². The van der Waals surface area contributed by atoms with Gasteiger partial charge in [0, 0.05) is 24.8 Å². The molecule has 5 heteroatoms. The number of hydrogen-bond acceptors (Lipinski definition) is 5. The molecule has 1 heterocycles. The third kappa shape index (κ3) is 2.52. The molecule has 2 saturated carbocycles. The smallest absolute Gasteiger partial charge is 0.162 e. The quantitative estimate of drug-likeness (QED) is 0.653. The molecular formula is C15H24N4O. The van der Waals surface area contributed by atoms with Gasteiger partial charge in [0.1, 0.15) is 11.4 Å². The molecule has 0 amide bonds. The first-order chi connectivity index (χ1) is 9.66. The first-order valence-electron chi connectivity index (χ1n) is 7.58. The summed E-state index contributed by atoms with van der Waals surface area (Å²) in [6.45, 7) is 2.28. The third-order valence-electron chi connectivity index (χ3n) is 4.64. The van der Waals surface area contributed by atoms with Crippen LogP contribution in [0.2, 0.25) is 0 Å². The Morgan fingerprint density at radius 3 is 2.75 bits per heavy atom. The van der Waals surface area contributed by atoms with Crippen LogP contribution in [-0.4, -0.2) is 17.1 Å². The van der Waals surface area contributed by atoms with Gasteiger partial charge in [-0.15, -0.1) is 0 Å². The van der Waals surface area contributed by atoms with E-state index in [0.717, 1.165) is 30.8 Å². The zero-order chi connectivity index (χ0) is 14.2. The van der Waals surface area contributed by atoms with E-state index >= 15 is 0 Å². The average Bonchev–Trinajstić information content (AvgIpc) is 3.31. The topological polar surface area (TPSA) is 73.1 Å². The molecule has 3 N–H and O–H groups in total. The van der Waals surface area contributed by atoms with E-state index in [1.807, 2.05) is 6.07 Å².